The van der Waals surface area contributed by atoms with E-state index < -0.39 is 6.04 Å². The van der Waals surface area contributed by atoms with Crippen LogP contribution in [-0.2, 0) is 22.6 Å². The molecule has 1 aliphatic rings. The summed E-state index contributed by atoms with van der Waals surface area (Å²) in [6.45, 7) is 7.15. The number of aryl methyl sites for hydroxylation is 2. The molecule has 0 bridgehead atoms. The summed E-state index contributed by atoms with van der Waals surface area (Å²) in [6, 6.07) is 17.9. The fourth-order valence-electron chi connectivity index (χ4n) is 4.46. The zero-order valence-electron chi connectivity index (χ0n) is 19.7. The van der Waals surface area contributed by atoms with Gasteiger partial charge in [0.2, 0.25) is 11.8 Å². The van der Waals surface area contributed by atoms with Crippen molar-refractivity contribution in [2.45, 2.75) is 39.8 Å². The molecule has 33 heavy (non-hydrogen) atoms. The van der Waals surface area contributed by atoms with Crippen molar-refractivity contribution in [3.63, 3.8) is 0 Å². The van der Waals surface area contributed by atoms with Gasteiger partial charge in [0.25, 0.3) is 0 Å². The molecule has 2 unspecified atom stereocenters. The van der Waals surface area contributed by atoms with Crippen LogP contribution in [-0.4, -0.2) is 62.6 Å². The molecule has 2 amide bonds. The normalized spacial score (nSPS) is 17.3. The van der Waals surface area contributed by atoms with Crippen LogP contribution in [0.4, 0.5) is 0 Å². The number of likely N-dealkylation sites (N-methyl/N-ethyl adjacent to an activating group) is 1. The molecule has 1 saturated heterocycles. The zero-order chi connectivity index (χ0) is 23.5. The Labute approximate surface area is 195 Å². The summed E-state index contributed by atoms with van der Waals surface area (Å²) in [7, 11) is 1.81. The molecule has 2 aromatic carbocycles. The first-order valence-electron chi connectivity index (χ1n) is 11.4. The SMILES string of the molecule is Cc1nc(C)n(CC(C)C(=O)N2CCN(C)C(=O)C2Cc2cccc(-c3ccccc3)c2)n1. The molecule has 7 heteroatoms. The second kappa shape index (κ2) is 9.57. The second-order valence-electron chi connectivity index (χ2n) is 8.87. The minimum absolute atomic E-state index is 0.0142. The van der Waals surface area contributed by atoms with Crippen LogP contribution >= 0.6 is 0 Å². The molecular formula is C26H31N5O2. The van der Waals surface area contributed by atoms with Crippen molar-refractivity contribution >= 4 is 11.8 Å². The lowest BCUT2D eigenvalue weighted by Gasteiger charge is -2.40. The topological polar surface area (TPSA) is 71.3 Å². The molecule has 0 aliphatic carbocycles. The highest BCUT2D eigenvalue weighted by atomic mass is 16.2. The monoisotopic (exact) mass is 445 g/mol. The summed E-state index contributed by atoms with van der Waals surface area (Å²) >= 11 is 0. The standard InChI is InChI=1S/C26H31N5O2/c1-18(17-31-20(3)27-19(2)28-31)25(32)30-14-13-29(4)26(33)24(30)16-21-9-8-12-23(15-21)22-10-6-5-7-11-22/h5-12,15,18,24H,13-14,16-17H2,1-4H3. The lowest BCUT2D eigenvalue weighted by Crippen LogP contribution is -2.59. The third-order valence-corrected chi connectivity index (χ3v) is 6.29. The Bertz CT molecular complexity index is 1140. The van der Waals surface area contributed by atoms with Crippen LogP contribution in [0.3, 0.4) is 0 Å². The predicted octanol–water partition coefficient (Wildman–Crippen LogP) is 3.11. The van der Waals surface area contributed by atoms with Gasteiger partial charge < -0.3 is 9.80 Å². The zero-order valence-corrected chi connectivity index (χ0v) is 19.7. The van der Waals surface area contributed by atoms with E-state index >= 15 is 0 Å². The fourth-order valence-corrected chi connectivity index (χ4v) is 4.46. The molecule has 0 N–H and O–H groups in total. The maximum atomic E-state index is 13.5. The molecule has 1 aliphatic heterocycles. The Hall–Kier alpha value is -3.48. The third kappa shape index (κ3) is 4.97. The summed E-state index contributed by atoms with van der Waals surface area (Å²) in [5.74, 6) is 1.14. The van der Waals surface area contributed by atoms with Crippen LogP contribution < -0.4 is 0 Å². The van der Waals surface area contributed by atoms with Crippen molar-refractivity contribution in [2.24, 2.45) is 5.92 Å². The van der Waals surface area contributed by atoms with Gasteiger partial charge in [-0.2, -0.15) is 5.10 Å². The fraction of sp³-hybridized carbons (Fsp3) is 0.385. The third-order valence-electron chi connectivity index (χ3n) is 6.29. The number of carbonyl (C=O) groups is 2. The van der Waals surface area contributed by atoms with Gasteiger partial charge in [-0.1, -0.05) is 61.5 Å². The molecule has 1 fully saturated rings. The van der Waals surface area contributed by atoms with Gasteiger partial charge in [0.1, 0.15) is 17.7 Å². The van der Waals surface area contributed by atoms with E-state index in [2.05, 4.69) is 34.3 Å². The highest BCUT2D eigenvalue weighted by molar-refractivity contribution is 5.89. The minimum Gasteiger partial charge on any atom is -0.342 e. The van der Waals surface area contributed by atoms with Crippen molar-refractivity contribution in [2.75, 3.05) is 20.1 Å². The molecule has 3 aromatic rings. The van der Waals surface area contributed by atoms with Crippen LogP contribution in [0.25, 0.3) is 11.1 Å². The van der Waals surface area contributed by atoms with E-state index in [-0.39, 0.29) is 17.7 Å². The summed E-state index contributed by atoms with van der Waals surface area (Å²) in [5.41, 5.74) is 3.28. The van der Waals surface area contributed by atoms with Gasteiger partial charge in [-0.15, -0.1) is 0 Å². The van der Waals surface area contributed by atoms with Crippen molar-refractivity contribution in [1.82, 2.24) is 24.6 Å². The smallest absolute Gasteiger partial charge is 0.245 e. The summed E-state index contributed by atoms with van der Waals surface area (Å²) in [5, 5.41) is 4.39. The van der Waals surface area contributed by atoms with Gasteiger partial charge in [0.15, 0.2) is 0 Å². The quantitative estimate of drug-likeness (QED) is 0.585. The lowest BCUT2D eigenvalue weighted by molar-refractivity contribution is -0.152. The van der Waals surface area contributed by atoms with Crippen molar-refractivity contribution in [3.05, 3.63) is 71.8 Å². The Morgan fingerprint density at radius 3 is 2.48 bits per heavy atom. The first-order valence-corrected chi connectivity index (χ1v) is 11.4. The molecule has 0 spiro atoms. The predicted molar refractivity (Wildman–Crippen MR) is 127 cm³/mol. The molecule has 2 heterocycles. The number of amides is 2. The van der Waals surface area contributed by atoms with Gasteiger partial charge in [-0.25, -0.2) is 9.67 Å². The number of carbonyl (C=O) groups excluding carboxylic acids is 2. The van der Waals surface area contributed by atoms with Crippen molar-refractivity contribution < 1.29 is 9.59 Å². The first kappa shape index (κ1) is 22.7. The van der Waals surface area contributed by atoms with Crippen LogP contribution in [0.1, 0.15) is 24.1 Å². The Balaban J connectivity index is 1.55. The van der Waals surface area contributed by atoms with Gasteiger partial charge in [-0.3, -0.25) is 9.59 Å². The number of piperazine rings is 1. The largest absolute Gasteiger partial charge is 0.342 e. The average molecular weight is 446 g/mol. The van der Waals surface area contributed by atoms with E-state index in [1.54, 1.807) is 14.5 Å². The van der Waals surface area contributed by atoms with Crippen LogP contribution in [0.2, 0.25) is 0 Å². The highest BCUT2D eigenvalue weighted by Gasteiger charge is 2.37. The molecular weight excluding hydrogens is 414 g/mol. The van der Waals surface area contributed by atoms with Gasteiger partial charge in [0, 0.05) is 26.6 Å². The molecule has 1 aromatic heterocycles. The number of hydrogen-bond donors (Lipinski definition) is 0. The van der Waals surface area contributed by atoms with E-state index in [1.165, 1.54) is 0 Å². The summed E-state index contributed by atoms with van der Waals surface area (Å²) < 4.78 is 1.77. The Kier molecular flexibility index (Phi) is 6.58. The van der Waals surface area contributed by atoms with E-state index in [9.17, 15) is 9.59 Å². The number of aromatic nitrogens is 3. The summed E-state index contributed by atoms with van der Waals surface area (Å²) in [6.07, 6.45) is 0.490. The highest BCUT2D eigenvalue weighted by Crippen LogP contribution is 2.23. The van der Waals surface area contributed by atoms with Gasteiger partial charge in [0.05, 0.1) is 12.5 Å². The molecule has 0 radical (unpaired) electrons. The maximum absolute atomic E-state index is 13.5. The number of benzene rings is 2. The Morgan fingerprint density at radius 2 is 1.79 bits per heavy atom. The summed E-state index contributed by atoms with van der Waals surface area (Å²) in [4.78, 5) is 34.4. The van der Waals surface area contributed by atoms with Crippen LogP contribution in [0, 0.1) is 19.8 Å². The average Bonchev–Trinajstić information content (AvgIpc) is 3.13. The van der Waals surface area contributed by atoms with Gasteiger partial charge in [-0.05, 0) is 30.5 Å². The molecule has 4 rings (SSSR count). The molecule has 0 saturated carbocycles. The van der Waals surface area contributed by atoms with E-state index in [4.69, 9.17) is 0 Å². The molecule has 172 valence electrons. The van der Waals surface area contributed by atoms with E-state index in [1.807, 2.05) is 58.2 Å². The van der Waals surface area contributed by atoms with Crippen molar-refractivity contribution in [1.29, 1.82) is 0 Å². The molecule has 7 nitrogen and oxygen atoms in total. The second-order valence-corrected chi connectivity index (χ2v) is 8.87. The minimum atomic E-state index is -0.511. The maximum Gasteiger partial charge on any atom is 0.245 e. The van der Waals surface area contributed by atoms with E-state index in [0.29, 0.717) is 31.9 Å². The Morgan fingerprint density at radius 1 is 1.06 bits per heavy atom. The molecule has 2 atom stereocenters. The number of nitrogens with zero attached hydrogens (tertiary/aromatic N) is 5. The van der Waals surface area contributed by atoms with Crippen molar-refractivity contribution in [3.8, 4) is 11.1 Å². The van der Waals surface area contributed by atoms with Gasteiger partial charge >= 0.3 is 0 Å². The lowest BCUT2D eigenvalue weighted by atomic mass is 9.96. The van der Waals surface area contributed by atoms with E-state index in [0.717, 1.165) is 22.5 Å². The first-order chi connectivity index (χ1) is 15.8. The number of rotatable bonds is 6. The number of hydrogen-bond acceptors (Lipinski definition) is 4. The van der Waals surface area contributed by atoms with Crippen LogP contribution in [0.5, 0.6) is 0 Å². The van der Waals surface area contributed by atoms with Crippen LogP contribution in [0.15, 0.2) is 54.6 Å².